The lowest BCUT2D eigenvalue weighted by molar-refractivity contribution is 0.0413. The summed E-state index contributed by atoms with van der Waals surface area (Å²) in [7, 11) is 0. The molecule has 0 radical (unpaired) electrons. The fourth-order valence-electron chi connectivity index (χ4n) is 1.21. The van der Waals surface area contributed by atoms with Gasteiger partial charge in [0.15, 0.2) is 0 Å². The van der Waals surface area contributed by atoms with Gasteiger partial charge in [-0.05, 0) is 12.0 Å². The fraction of sp³-hybridized carbons (Fsp3) is 0.417. The lowest BCUT2D eigenvalue weighted by Gasteiger charge is -2.12. The molecule has 74 valence electrons. The minimum absolute atomic E-state index is 0.0696. The predicted octanol–water partition coefficient (Wildman–Crippen LogP) is 2.90. The molecule has 0 fully saturated rings. The second-order valence-corrected chi connectivity index (χ2v) is 3.19. The average molecular weight is 189 g/mol. The van der Waals surface area contributed by atoms with Crippen molar-refractivity contribution in [3.63, 3.8) is 0 Å². The van der Waals surface area contributed by atoms with Crippen molar-refractivity contribution in [1.29, 1.82) is 5.26 Å². The molecule has 0 aliphatic rings. The van der Waals surface area contributed by atoms with E-state index >= 15 is 0 Å². The molecule has 0 N–H and O–H groups in total. The highest BCUT2D eigenvalue weighted by atomic mass is 16.5. The first-order chi connectivity index (χ1) is 6.86. The minimum atomic E-state index is 0.0696. The molecule has 0 aromatic heterocycles. The standard InChI is InChI=1S/C12H15NO/c1-2-12(8-9-13)14-10-11-6-4-3-5-7-11/h3-7,12H,2,8,10H2,1H3/t12-/m1/s1. The maximum Gasteiger partial charge on any atom is 0.0721 e. The normalized spacial score (nSPS) is 12.0. The third-order valence-electron chi connectivity index (χ3n) is 2.10. The van der Waals surface area contributed by atoms with E-state index in [1.54, 1.807) is 0 Å². The van der Waals surface area contributed by atoms with Crippen LogP contribution in [0.5, 0.6) is 0 Å². The van der Waals surface area contributed by atoms with Gasteiger partial charge in [-0.15, -0.1) is 0 Å². The zero-order chi connectivity index (χ0) is 10.2. The summed E-state index contributed by atoms with van der Waals surface area (Å²) in [5.74, 6) is 0. The molecule has 2 heteroatoms. The van der Waals surface area contributed by atoms with Gasteiger partial charge in [0.2, 0.25) is 0 Å². The summed E-state index contributed by atoms with van der Waals surface area (Å²) in [6.07, 6.45) is 1.43. The SMILES string of the molecule is CC[C@H](CC#N)OCc1ccccc1. The van der Waals surface area contributed by atoms with Crippen LogP contribution in [0, 0.1) is 11.3 Å². The lowest BCUT2D eigenvalue weighted by atomic mass is 10.2. The summed E-state index contributed by atoms with van der Waals surface area (Å²) in [4.78, 5) is 0. The van der Waals surface area contributed by atoms with Gasteiger partial charge in [-0.2, -0.15) is 5.26 Å². The van der Waals surface area contributed by atoms with Crippen LogP contribution >= 0.6 is 0 Å². The van der Waals surface area contributed by atoms with Crippen molar-refractivity contribution in [2.24, 2.45) is 0 Å². The molecule has 0 spiro atoms. The second-order valence-electron chi connectivity index (χ2n) is 3.19. The van der Waals surface area contributed by atoms with Crippen molar-refractivity contribution in [2.45, 2.75) is 32.5 Å². The van der Waals surface area contributed by atoms with Crippen molar-refractivity contribution >= 4 is 0 Å². The van der Waals surface area contributed by atoms with Crippen LogP contribution in [0.1, 0.15) is 25.3 Å². The summed E-state index contributed by atoms with van der Waals surface area (Å²) in [5, 5.41) is 8.53. The van der Waals surface area contributed by atoms with E-state index in [0.717, 1.165) is 12.0 Å². The smallest absolute Gasteiger partial charge is 0.0721 e. The molecule has 0 bridgehead atoms. The molecule has 0 unspecified atom stereocenters. The number of ether oxygens (including phenoxy) is 1. The maximum absolute atomic E-state index is 8.53. The molecule has 0 saturated carbocycles. The predicted molar refractivity (Wildman–Crippen MR) is 55.5 cm³/mol. The Morgan fingerprint density at radius 1 is 1.36 bits per heavy atom. The van der Waals surface area contributed by atoms with Gasteiger partial charge in [-0.25, -0.2) is 0 Å². The number of hydrogen-bond acceptors (Lipinski definition) is 2. The molecule has 0 heterocycles. The van der Waals surface area contributed by atoms with Gasteiger partial charge >= 0.3 is 0 Å². The Bertz CT molecular complexity index is 289. The first-order valence-corrected chi connectivity index (χ1v) is 4.89. The lowest BCUT2D eigenvalue weighted by Crippen LogP contribution is -2.10. The van der Waals surface area contributed by atoms with Gasteiger partial charge in [-0.3, -0.25) is 0 Å². The van der Waals surface area contributed by atoms with Crippen LogP contribution in [0.3, 0.4) is 0 Å². The van der Waals surface area contributed by atoms with Crippen LogP contribution in [-0.2, 0) is 11.3 Å². The van der Waals surface area contributed by atoms with Crippen LogP contribution in [0.4, 0.5) is 0 Å². The van der Waals surface area contributed by atoms with Gasteiger partial charge in [0.05, 0.1) is 25.2 Å². The molecule has 0 aliphatic heterocycles. The fourth-order valence-corrected chi connectivity index (χ4v) is 1.21. The van der Waals surface area contributed by atoms with Gasteiger partial charge in [-0.1, -0.05) is 37.3 Å². The van der Waals surface area contributed by atoms with Crippen molar-refractivity contribution in [3.8, 4) is 6.07 Å². The molecule has 0 amide bonds. The Morgan fingerprint density at radius 3 is 2.64 bits per heavy atom. The number of hydrogen-bond donors (Lipinski definition) is 0. The maximum atomic E-state index is 8.53. The van der Waals surface area contributed by atoms with Crippen LogP contribution < -0.4 is 0 Å². The van der Waals surface area contributed by atoms with Crippen LogP contribution in [0.2, 0.25) is 0 Å². The summed E-state index contributed by atoms with van der Waals surface area (Å²) < 4.78 is 5.60. The van der Waals surface area contributed by atoms with E-state index in [1.165, 1.54) is 0 Å². The van der Waals surface area contributed by atoms with Gasteiger partial charge in [0.1, 0.15) is 0 Å². The van der Waals surface area contributed by atoms with E-state index in [9.17, 15) is 0 Å². The van der Waals surface area contributed by atoms with Crippen LogP contribution in [0.25, 0.3) is 0 Å². The molecule has 1 atom stereocenters. The van der Waals surface area contributed by atoms with Crippen molar-refractivity contribution in [1.82, 2.24) is 0 Å². The highest BCUT2D eigenvalue weighted by Gasteiger charge is 2.05. The summed E-state index contributed by atoms with van der Waals surface area (Å²) >= 11 is 0. The average Bonchev–Trinajstić information content (AvgIpc) is 2.25. The quantitative estimate of drug-likeness (QED) is 0.713. The number of benzene rings is 1. The van der Waals surface area contributed by atoms with Crippen LogP contribution in [-0.4, -0.2) is 6.10 Å². The van der Waals surface area contributed by atoms with E-state index < -0.39 is 0 Å². The van der Waals surface area contributed by atoms with Gasteiger partial charge < -0.3 is 4.74 Å². The first kappa shape index (κ1) is 10.7. The first-order valence-electron chi connectivity index (χ1n) is 4.89. The van der Waals surface area contributed by atoms with Crippen molar-refractivity contribution in [3.05, 3.63) is 35.9 Å². The molecular formula is C12H15NO. The highest BCUT2D eigenvalue weighted by Crippen LogP contribution is 2.07. The number of nitrogens with zero attached hydrogens (tertiary/aromatic N) is 1. The van der Waals surface area contributed by atoms with Crippen molar-refractivity contribution in [2.75, 3.05) is 0 Å². The molecule has 2 nitrogen and oxygen atoms in total. The number of nitriles is 1. The molecule has 14 heavy (non-hydrogen) atoms. The Balaban J connectivity index is 2.36. The largest absolute Gasteiger partial charge is 0.372 e. The topological polar surface area (TPSA) is 33.0 Å². The van der Waals surface area contributed by atoms with E-state index in [2.05, 4.69) is 6.07 Å². The number of rotatable bonds is 5. The Hall–Kier alpha value is -1.33. The molecule has 1 aromatic carbocycles. The summed E-state index contributed by atoms with van der Waals surface area (Å²) in [6.45, 7) is 2.63. The molecule has 0 aliphatic carbocycles. The molecule has 1 aromatic rings. The third-order valence-corrected chi connectivity index (χ3v) is 2.10. The molecule has 1 rings (SSSR count). The Kier molecular flexibility index (Phi) is 4.74. The molecule has 0 saturated heterocycles. The second kappa shape index (κ2) is 6.17. The third kappa shape index (κ3) is 3.59. The Labute approximate surface area is 85.1 Å². The van der Waals surface area contributed by atoms with E-state index in [4.69, 9.17) is 10.00 Å². The van der Waals surface area contributed by atoms with Gasteiger partial charge in [0, 0.05) is 0 Å². The van der Waals surface area contributed by atoms with E-state index in [-0.39, 0.29) is 6.10 Å². The van der Waals surface area contributed by atoms with Crippen LogP contribution in [0.15, 0.2) is 30.3 Å². The monoisotopic (exact) mass is 189 g/mol. The summed E-state index contributed by atoms with van der Waals surface area (Å²) in [6, 6.07) is 12.1. The van der Waals surface area contributed by atoms with Gasteiger partial charge in [0.25, 0.3) is 0 Å². The van der Waals surface area contributed by atoms with E-state index in [0.29, 0.717) is 13.0 Å². The highest BCUT2D eigenvalue weighted by molar-refractivity contribution is 5.13. The Morgan fingerprint density at radius 2 is 2.07 bits per heavy atom. The minimum Gasteiger partial charge on any atom is -0.372 e. The van der Waals surface area contributed by atoms with Crippen molar-refractivity contribution < 1.29 is 4.74 Å². The molecular weight excluding hydrogens is 174 g/mol. The van der Waals surface area contributed by atoms with E-state index in [1.807, 2.05) is 37.3 Å². The zero-order valence-corrected chi connectivity index (χ0v) is 8.44. The summed E-state index contributed by atoms with van der Waals surface area (Å²) in [5.41, 5.74) is 1.16. The zero-order valence-electron chi connectivity index (χ0n) is 8.44.